The zero-order valence-corrected chi connectivity index (χ0v) is 19.4. The van der Waals surface area contributed by atoms with E-state index in [1.54, 1.807) is 0 Å². The average Bonchev–Trinajstić information content (AvgIpc) is 3.29. The normalized spacial score (nSPS) is 16.8. The smallest absolute Gasteiger partial charge is 0.251 e. The zero-order chi connectivity index (χ0) is 24.2. The molecule has 1 aliphatic rings. The molecule has 2 aromatic rings. The van der Waals surface area contributed by atoms with Gasteiger partial charge in [-0.15, -0.1) is 0 Å². The van der Waals surface area contributed by atoms with E-state index in [0.717, 1.165) is 29.5 Å². The molecule has 3 rings (SSSR count). The lowest BCUT2D eigenvalue weighted by atomic mass is 9.89. The first kappa shape index (κ1) is 25.1. The molecule has 0 unspecified atom stereocenters. The Labute approximate surface area is 199 Å². The van der Waals surface area contributed by atoms with Crippen molar-refractivity contribution in [1.29, 1.82) is 0 Å². The topological polar surface area (TPSA) is 129 Å². The van der Waals surface area contributed by atoms with Gasteiger partial charge in [0, 0.05) is 36.5 Å². The van der Waals surface area contributed by atoms with Gasteiger partial charge in [0.1, 0.15) is 12.4 Å². The minimum absolute atomic E-state index is 0.0805. The van der Waals surface area contributed by atoms with Crippen LogP contribution in [0.4, 0.5) is 0 Å². The number of benzene rings is 2. The summed E-state index contributed by atoms with van der Waals surface area (Å²) in [4.78, 5) is 21.0. The number of hydrogen-bond acceptors (Lipinski definition) is 6. The summed E-state index contributed by atoms with van der Waals surface area (Å²) in [6, 6.07) is 14.9. The molecule has 0 bridgehead atoms. The Balaban J connectivity index is 1.87. The number of unbranched alkanes of at least 4 members (excludes halogenated alkanes) is 1. The van der Waals surface area contributed by atoms with Crippen LogP contribution < -0.4 is 10.1 Å². The van der Waals surface area contributed by atoms with Gasteiger partial charge in [0.05, 0.1) is 13.2 Å². The van der Waals surface area contributed by atoms with Crippen LogP contribution >= 0.6 is 0 Å². The van der Waals surface area contributed by atoms with Gasteiger partial charge in [-0.3, -0.25) is 4.79 Å². The van der Waals surface area contributed by atoms with Crippen LogP contribution in [0.25, 0.3) is 10.4 Å². The Kier molecular flexibility index (Phi) is 9.31. The highest BCUT2D eigenvalue weighted by Crippen LogP contribution is 2.29. The number of nitrogens with one attached hydrogen (secondary N) is 1. The third-order valence-corrected chi connectivity index (χ3v) is 5.58. The summed E-state index contributed by atoms with van der Waals surface area (Å²) < 4.78 is 11.5. The number of carbonyl (C=O) groups is 1. The first-order valence-electron chi connectivity index (χ1n) is 11.5. The summed E-state index contributed by atoms with van der Waals surface area (Å²) in [7, 11) is 0. The molecule has 0 radical (unpaired) electrons. The molecule has 180 valence electrons. The van der Waals surface area contributed by atoms with Crippen molar-refractivity contribution in [2.75, 3.05) is 26.4 Å². The fourth-order valence-corrected chi connectivity index (χ4v) is 3.68. The third kappa shape index (κ3) is 6.50. The summed E-state index contributed by atoms with van der Waals surface area (Å²) in [6.45, 7) is 3.48. The van der Waals surface area contributed by atoms with E-state index in [1.165, 1.54) is 0 Å². The Morgan fingerprint density at radius 3 is 2.71 bits per heavy atom. The van der Waals surface area contributed by atoms with Crippen LogP contribution in [-0.2, 0) is 22.5 Å². The Bertz CT molecular complexity index is 1030. The zero-order valence-electron chi connectivity index (χ0n) is 19.4. The maximum absolute atomic E-state index is 13.3. The van der Waals surface area contributed by atoms with Crippen LogP contribution in [0.2, 0.25) is 0 Å². The Morgan fingerprint density at radius 2 is 2.00 bits per heavy atom. The number of carbonyl (C=O) groups excluding carboxylic acids is 1. The predicted octanol–water partition coefficient (Wildman–Crippen LogP) is 3.93. The predicted molar refractivity (Wildman–Crippen MR) is 130 cm³/mol. The van der Waals surface area contributed by atoms with Crippen LogP contribution in [0.15, 0.2) is 58.6 Å². The molecule has 1 heterocycles. The van der Waals surface area contributed by atoms with Crippen molar-refractivity contribution in [2.45, 2.75) is 44.7 Å². The average molecular weight is 466 g/mol. The van der Waals surface area contributed by atoms with E-state index in [1.807, 2.05) is 48.5 Å². The highest BCUT2D eigenvalue weighted by atomic mass is 16.5. The van der Waals surface area contributed by atoms with Gasteiger partial charge in [0.15, 0.2) is 5.54 Å². The molecule has 34 heavy (non-hydrogen) atoms. The summed E-state index contributed by atoms with van der Waals surface area (Å²) in [5.74, 6) is 0.907. The molecule has 9 heteroatoms. The maximum Gasteiger partial charge on any atom is 0.251 e. The number of amides is 1. The lowest BCUT2D eigenvalue weighted by Crippen LogP contribution is -2.48. The quantitative estimate of drug-likeness (QED) is 0.201. The second kappa shape index (κ2) is 12.6. The highest BCUT2D eigenvalue weighted by Gasteiger charge is 2.44. The van der Waals surface area contributed by atoms with Crippen molar-refractivity contribution in [3.8, 4) is 5.75 Å². The van der Waals surface area contributed by atoms with Crippen molar-refractivity contribution in [1.82, 2.24) is 5.32 Å². The largest absolute Gasteiger partial charge is 0.494 e. The molecule has 9 nitrogen and oxygen atoms in total. The maximum atomic E-state index is 13.3. The van der Waals surface area contributed by atoms with E-state index in [2.05, 4.69) is 22.3 Å². The van der Waals surface area contributed by atoms with Crippen LogP contribution in [0.1, 0.15) is 42.9 Å². The fraction of sp³-hybridized carbons (Fsp3) is 0.440. The molecular weight excluding hydrogens is 434 g/mol. The van der Waals surface area contributed by atoms with Gasteiger partial charge in [-0.05, 0) is 47.3 Å². The molecule has 2 aromatic carbocycles. The van der Waals surface area contributed by atoms with Crippen molar-refractivity contribution >= 4 is 11.8 Å². The van der Waals surface area contributed by atoms with Crippen LogP contribution in [-0.4, -0.2) is 48.8 Å². The van der Waals surface area contributed by atoms with Crippen molar-refractivity contribution in [3.05, 3.63) is 75.7 Å². The van der Waals surface area contributed by atoms with Gasteiger partial charge >= 0.3 is 0 Å². The van der Waals surface area contributed by atoms with E-state index >= 15 is 0 Å². The third-order valence-electron chi connectivity index (χ3n) is 5.58. The van der Waals surface area contributed by atoms with E-state index in [9.17, 15) is 4.79 Å². The minimum Gasteiger partial charge on any atom is -0.494 e. The first-order chi connectivity index (χ1) is 16.6. The van der Waals surface area contributed by atoms with Gasteiger partial charge in [-0.25, -0.2) is 4.99 Å². The Hall–Kier alpha value is -3.55. The lowest BCUT2D eigenvalue weighted by molar-refractivity contribution is -0.126. The van der Waals surface area contributed by atoms with E-state index in [0.29, 0.717) is 37.6 Å². The van der Waals surface area contributed by atoms with Crippen molar-refractivity contribution < 1.29 is 19.4 Å². The molecule has 0 saturated heterocycles. The fourth-order valence-electron chi connectivity index (χ4n) is 3.68. The number of ether oxygens (including phenoxy) is 2. The van der Waals surface area contributed by atoms with Crippen LogP contribution in [0.5, 0.6) is 5.75 Å². The second-order valence-electron chi connectivity index (χ2n) is 8.13. The van der Waals surface area contributed by atoms with E-state index in [-0.39, 0.29) is 25.7 Å². The molecule has 0 saturated carbocycles. The molecule has 0 aliphatic carbocycles. The summed E-state index contributed by atoms with van der Waals surface area (Å²) in [5.41, 5.74) is 10.1. The van der Waals surface area contributed by atoms with Crippen molar-refractivity contribution in [2.24, 2.45) is 10.1 Å². The van der Waals surface area contributed by atoms with Gasteiger partial charge in [0.25, 0.3) is 5.91 Å². The SMILES string of the molecule is CCCCNC(=O)[C@@]1(Cc2ccccc2CN=[N+]=[N-])COC(c2ccc(OCCCO)cc2)=N1. The summed E-state index contributed by atoms with van der Waals surface area (Å²) in [5, 5.41) is 15.6. The highest BCUT2D eigenvalue weighted by molar-refractivity contribution is 6.00. The standard InChI is InChI=1S/C25H31N5O4/c1-2-3-13-27-24(32)25(16-20-7-4-5-8-21(20)17-28-30-26)18-34-23(29-25)19-9-11-22(12-10-19)33-15-6-14-31/h4-5,7-12,31H,2-3,6,13-18H2,1H3,(H,27,32)/t25-/m1/s1. The van der Waals surface area contributed by atoms with Gasteiger partial charge < -0.3 is 19.9 Å². The first-order valence-corrected chi connectivity index (χ1v) is 11.5. The number of aliphatic hydroxyl groups is 1. The van der Waals surface area contributed by atoms with E-state index in [4.69, 9.17) is 25.1 Å². The molecule has 1 atom stereocenters. The summed E-state index contributed by atoms with van der Waals surface area (Å²) in [6.07, 6.45) is 2.74. The molecule has 0 fully saturated rings. The number of aliphatic hydroxyl groups excluding tert-OH is 1. The number of hydrogen-bond donors (Lipinski definition) is 2. The molecule has 2 N–H and O–H groups in total. The lowest BCUT2D eigenvalue weighted by Gasteiger charge is -2.24. The van der Waals surface area contributed by atoms with Gasteiger partial charge in [-0.1, -0.05) is 42.7 Å². The van der Waals surface area contributed by atoms with Crippen LogP contribution in [0.3, 0.4) is 0 Å². The Morgan fingerprint density at radius 1 is 1.24 bits per heavy atom. The van der Waals surface area contributed by atoms with E-state index < -0.39 is 5.54 Å². The minimum atomic E-state index is -1.12. The molecule has 1 amide bonds. The second-order valence-corrected chi connectivity index (χ2v) is 8.13. The number of nitrogens with zero attached hydrogens (tertiary/aromatic N) is 4. The van der Waals surface area contributed by atoms with Gasteiger partial charge in [0.2, 0.25) is 5.90 Å². The molecular formula is C25H31N5O4. The number of aliphatic imine (C=N–C) groups is 1. The van der Waals surface area contributed by atoms with Gasteiger partial charge in [-0.2, -0.15) is 0 Å². The molecule has 1 aliphatic heterocycles. The van der Waals surface area contributed by atoms with Crippen molar-refractivity contribution in [3.63, 3.8) is 0 Å². The van der Waals surface area contributed by atoms with Crippen LogP contribution in [0, 0.1) is 0 Å². The monoisotopic (exact) mass is 465 g/mol. The molecule has 0 spiro atoms. The molecule has 0 aromatic heterocycles. The number of azide groups is 1. The summed E-state index contributed by atoms with van der Waals surface area (Å²) >= 11 is 0. The number of rotatable bonds is 13.